The quantitative estimate of drug-likeness (QED) is 0.671. The van der Waals surface area contributed by atoms with Crippen molar-refractivity contribution in [3.63, 3.8) is 0 Å². The highest BCUT2D eigenvalue weighted by atomic mass is 16.4. The van der Waals surface area contributed by atoms with Crippen molar-refractivity contribution in [2.24, 2.45) is 5.73 Å². The van der Waals surface area contributed by atoms with Gasteiger partial charge < -0.3 is 16.2 Å². The molecule has 0 aromatic rings. The number of aliphatic carboxylic acids is 1. The average Bonchev–Trinajstić information content (AvgIpc) is 2.41. The summed E-state index contributed by atoms with van der Waals surface area (Å²) in [5, 5.41) is 12.1. The molecule has 120 valence electrons. The molecule has 0 unspecified atom stereocenters. The van der Waals surface area contributed by atoms with E-state index in [1.165, 1.54) is 6.92 Å². The maximum Gasteiger partial charge on any atom is 0.331 e. The van der Waals surface area contributed by atoms with E-state index in [2.05, 4.69) is 24.1 Å². The summed E-state index contributed by atoms with van der Waals surface area (Å²) in [6.07, 6.45) is 3.93. The lowest BCUT2D eigenvalue weighted by Crippen LogP contribution is -2.61. The van der Waals surface area contributed by atoms with Gasteiger partial charge in [0.05, 0.1) is 12.1 Å². The number of carboxylic acids is 1. The molecule has 0 radical (unpaired) electrons. The minimum Gasteiger partial charge on any atom is -0.478 e. The Hall–Kier alpha value is -1.40. The van der Waals surface area contributed by atoms with Crippen molar-refractivity contribution < 1.29 is 14.7 Å². The zero-order valence-electron chi connectivity index (χ0n) is 13.3. The Labute approximate surface area is 126 Å². The van der Waals surface area contributed by atoms with Gasteiger partial charge in [0.2, 0.25) is 5.91 Å². The molecule has 0 aromatic heterocycles. The van der Waals surface area contributed by atoms with Gasteiger partial charge in [0.25, 0.3) is 0 Å². The fourth-order valence-corrected chi connectivity index (χ4v) is 3.08. The molecule has 0 fully saturated rings. The first-order valence-electron chi connectivity index (χ1n) is 7.50. The highest BCUT2D eigenvalue weighted by Crippen LogP contribution is 2.24. The Kier molecular flexibility index (Phi) is 6.36. The molecule has 1 amide bonds. The van der Waals surface area contributed by atoms with Gasteiger partial charge in [-0.3, -0.25) is 9.69 Å². The van der Waals surface area contributed by atoms with E-state index < -0.39 is 12.0 Å². The minimum absolute atomic E-state index is 0.148. The largest absolute Gasteiger partial charge is 0.478 e. The molecule has 1 rings (SSSR count). The normalized spacial score (nSPS) is 25.9. The molecular weight excluding hydrogens is 270 g/mol. The molecule has 0 aromatic carbocycles. The summed E-state index contributed by atoms with van der Waals surface area (Å²) in [4.78, 5) is 24.8. The van der Waals surface area contributed by atoms with Gasteiger partial charge in [0, 0.05) is 24.6 Å². The average molecular weight is 297 g/mol. The number of rotatable bonds is 6. The maximum absolute atomic E-state index is 11.4. The second-order valence-corrected chi connectivity index (χ2v) is 5.72. The Bertz CT molecular complexity index is 418. The van der Waals surface area contributed by atoms with E-state index in [0.29, 0.717) is 11.6 Å². The first-order valence-corrected chi connectivity index (χ1v) is 7.50. The van der Waals surface area contributed by atoms with Crippen molar-refractivity contribution in [1.29, 1.82) is 0 Å². The Balaban J connectivity index is 3.11. The fraction of sp³-hybridized carbons (Fsp3) is 0.733. The summed E-state index contributed by atoms with van der Waals surface area (Å²) in [7, 11) is 1.96. The molecule has 4 N–H and O–H groups in total. The number of carbonyl (C=O) groups excluding carboxylic acids is 1. The van der Waals surface area contributed by atoms with Crippen molar-refractivity contribution >= 4 is 11.9 Å². The Morgan fingerprint density at radius 1 is 1.48 bits per heavy atom. The highest BCUT2D eigenvalue weighted by Gasteiger charge is 2.37. The van der Waals surface area contributed by atoms with Crippen molar-refractivity contribution in [3.8, 4) is 0 Å². The van der Waals surface area contributed by atoms with E-state index in [4.69, 9.17) is 5.73 Å². The zero-order valence-corrected chi connectivity index (χ0v) is 13.3. The number of nitrogens with zero attached hydrogens (tertiary/aromatic N) is 1. The van der Waals surface area contributed by atoms with Crippen LogP contribution in [0.25, 0.3) is 0 Å². The third-order valence-electron chi connectivity index (χ3n) is 4.29. The van der Waals surface area contributed by atoms with Gasteiger partial charge in [0.1, 0.15) is 0 Å². The van der Waals surface area contributed by atoms with E-state index in [1.54, 1.807) is 6.08 Å². The molecule has 0 heterocycles. The molecule has 6 nitrogen and oxygen atoms in total. The van der Waals surface area contributed by atoms with Crippen LogP contribution < -0.4 is 11.1 Å². The van der Waals surface area contributed by atoms with Crippen LogP contribution in [0.4, 0.5) is 0 Å². The van der Waals surface area contributed by atoms with Crippen LogP contribution in [0.5, 0.6) is 0 Å². The van der Waals surface area contributed by atoms with Crippen LogP contribution in [-0.2, 0) is 9.59 Å². The first kappa shape index (κ1) is 17.7. The van der Waals surface area contributed by atoms with E-state index >= 15 is 0 Å². The standard InChI is InChI=1S/C15H27N3O3/c1-5-11(6-2)18(4)13-8-10(15(20)21)7-12(16)14(13)17-9(3)19/h8,11-14H,5-7,16H2,1-4H3,(H,17,19)(H,20,21)/t12-,13-,14-/m1/s1. The van der Waals surface area contributed by atoms with Crippen LogP contribution in [0.3, 0.4) is 0 Å². The zero-order chi connectivity index (χ0) is 16.2. The molecule has 0 spiro atoms. The SMILES string of the molecule is CCC(CC)N(C)[C@@H]1C=C(C(=O)O)C[C@@H](N)[C@H]1NC(C)=O. The summed E-state index contributed by atoms with van der Waals surface area (Å²) in [6, 6.07) is -0.542. The van der Waals surface area contributed by atoms with Crippen molar-refractivity contribution in [1.82, 2.24) is 10.2 Å². The van der Waals surface area contributed by atoms with Gasteiger partial charge in [-0.25, -0.2) is 4.79 Å². The molecule has 21 heavy (non-hydrogen) atoms. The van der Waals surface area contributed by atoms with Crippen molar-refractivity contribution in [2.75, 3.05) is 7.05 Å². The van der Waals surface area contributed by atoms with Gasteiger partial charge in [-0.05, 0) is 26.3 Å². The smallest absolute Gasteiger partial charge is 0.331 e. The first-order chi connectivity index (χ1) is 9.81. The molecular formula is C15H27N3O3. The maximum atomic E-state index is 11.4. The lowest BCUT2D eigenvalue weighted by atomic mass is 9.85. The molecule has 3 atom stereocenters. The second kappa shape index (κ2) is 7.56. The summed E-state index contributed by atoms with van der Waals surface area (Å²) < 4.78 is 0. The number of hydrogen-bond donors (Lipinski definition) is 3. The molecule has 1 aliphatic carbocycles. The lowest BCUT2D eigenvalue weighted by molar-refractivity contribution is -0.133. The Morgan fingerprint density at radius 3 is 2.48 bits per heavy atom. The number of carboxylic acid groups (broad SMARTS) is 1. The number of carbonyl (C=O) groups is 2. The third-order valence-corrected chi connectivity index (χ3v) is 4.29. The number of hydrogen-bond acceptors (Lipinski definition) is 4. The number of nitrogens with two attached hydrogens (primary N) is 1. The van der Waals surface area contributed by atoms with Crippen molar-refractivity contribution in [3.05, 3.63) is 11.6 Å². The second-order valence-electron chi connectivity index (χ2n) is 5.72. The number of amides is 1. The molecule has 0 aliphatic heterocycles. The summed E-state index contributed by atoms with van der Waals surface area (Å²) in [5.74, 6) is -1.08. The fourth-order valence-electron chi connectivity index (χ4n) is 3.08. The molecule has 0 saturated carbocycles. The van der Waals surface area contributed by atoms with E-state index in [-0.39, 0.29) is 24.4 Å². The van der Waals surface area contributed by atoms with E-state index in [9.17, 15) is 14.7 Å². The molecule has 6 heteroatoms. The van der Waals surface area contributed by atoms with Gasteiger partial charge in [0.15, 0.2) is 0 Å². The summed E-state index contributed by atoms with van der Waals surface area (Å²) in [6.45, 7) is 5.66. The van der Waals surface area contributed by atoms with Gasteiger partial charge in [-0.2, -0.15) is 0 Å². The van der Waals surface area contributed by atoms with Gasteiger partial charge >= 0.3 is 5.97 Å². The van der Waals surface area contributed by atoms with E-state index in [1.807, 2.05) is 7.05 Å². The van der Waals surface area contributed by atoms with Gasteiger partial charge in [-0.1, -0.05) is 19.9 Å². The van der Waals surface area contributed by atoms with Crippen LogP contribution in [0.15, 0.2) is 11.6 Å². The molecule has 0 saturated heterocycles. The highest BCUT2D eigenvalue weighted by molar-refractivity contribution is 5.87. The lowest BCUT2D eigenvalue weighted by Gasteiger charge is -2.42. The van der Waals surface area contributed by atoms with E-state index in [0.717, 1.165) is 12.8 Å². The van der Waals surface area contributed by atoms with Crippen LogP contribution in [0, 0.1) is 0 Å². The van der Waals surface area contributed by atoms with Crippen LogP contribution >= 0.6 is 0 Å². The molecule has 0 bridgehead atoms. The Morgan fingerprint density at radius 2 is 2.05 bits per heavy atom. The predicted molar refractivity (Wildman–Crippen MR) is 81.8 cm³/mol. The van der Waals surface area contributed by atoms with Crippen LogP contribution in [0.2, 0.25) is 0 Å². The minimum atomic E-state index is -0.935. The third kappa shape index (κ3) is 4.28. The van der Waals surface area contributed by atoms with Crippen LogP contribution in [0.1, 0.15) is 40.0 Å². The molecule has 1 aliphatic rings. The summed E-state index contributed by atoms with van der Waals surface area (Å²) >= 11 is 0. The van der Waals surface area contributed by atoms with Gasteiger partial charge in [-0.15, -0.1) is 0 Å². The predicted octanol–water partition coefficient (Wildman–Crippen LogP) is 0.722. The topological polar surface area (TPSA) is 95.7 Å². The monoisotopic (exact) mass is 297 g/mol. The number of likely N-dealkylation sites (N-methyl/N-ethyl adjacent to an activating group) is 1. The number of nitrogens with one attached hydrogen (secondary N) is 1. The van der Waals surface area contributed by atoms with Crippen LogP contribution in [-0.4, -0.2) is 53.1 Å². The van der Waals surface area contributed by atoms with Crippen molar-refractivity contribution in [2.45, 2.75) is 64.2 Å². The summed E-state index contributed by atoms with van der Waals surface area (Å²) in [5.41, 5.74) is 6.45.